The van der Waals surface area contributed by atoms with E-state index >= 15 is 0 Å². The molecule has 1 aliphatic rings. The molecular formula is C18H18N6O2. The Kier molecular flexibility index (Phi) is 4.30. The van der Waals surface area contributed by atoms with Crippen molar-refractivity contribution in [3.63, 3.8) is 0 Å². The number of pyridine rings is 1. The zero-order valence-electron chi connectivity index (χ0n) is 14.1. The molecule has 2 N–H and O–H groups in total. The van der Waals surface area contributed by atoms with Crippen LogP contribution in [0.4, 0.5) is 23.0 Å². The molecule has 8 heteroatoms. The molecule has 4 rings (SSSR count). The predicted octanol–water partition coefficient (Wildman–Crippen LogP) is 4.03. The number of hydrogen-bond donors (Lipinski definition) is 2. The Labute approximate surface area is 149 Å². The number of aromatic nitrogens is 3. The summed E-state index contributed by atoms with van der Waals surface area (Å²) in [5, 5.41) is 18.9. The van der Waals surface area contributed by atoms with E-state index in [1.807, 2.05) is 30.3 Å². The maximum atomic E-state index is 11.7. The molecule has 3 aromatic rings. The minimum absolute atomic E-state index is 0.139. The molecule has 0 atom stereocenters. The fourth-order valence-electron chi connectivity index (χ4n) is 3.35. The van der Waals surface area contributed by atoms with E-state index in [0.717, 1.165) is 36.6 Å². The summed E-state index contributed by atoms with van der Waals surface area (Å²) in [6.07, 6.45) is 7.31. The summed E-state index contributed by atoms with van der Waals surface area (Å²) in [6, 6.07) is 9.55. The first-order valence-corrected chi connectivity index (χ1v) is 8.59. The van der Waals surface area contributed by atoms with Crippen LogP contribution >= 0.6 is 0 Å². The van der Waals surface area contributed by atoms with Crippen LogP contribution in [0, 0.1) is 10.1 Å². The van der Waals surface area contributed by atoms with E-state index in [-0.39, 0.29) is 23.4 Å². The number of anilines is 3. The minimum Gasteiger partial charge on any atom is -0.361 e. The van der Waals surface area contributed by atoms with Gasteiger partial charge in [-0.1, -0.05) is 18.9 Å². The second kappa shape index (κ2) is 6.91. The quantitative estimate of drug-likeness (QED) is 0.528. The molecular weight excluding hydrogens is 332 g/mol. The SMILES string of the molecule is O=[N+]([O-])c1c(Nc2cccc3ncccc23)ncnc1NC1CCCC1. The summed E-state index contributed by atoms with van der Waals surface area (Å²) in [7, 11) is 0. The fraction of sp³-hybridized carbons (Fsp3) is 0.278. The normalized spacial score (nSPS) is 14.5. The predicted molar refractivity (Wildman–Crippen MR) is 99.6 cm³/mol. The lowest BCUT2D eigenvalue weighted by molar-refractivity contribution is -0.383. The van der Waals surface area contributed by atoms with Crippen LogP contribution in [0.2, 0.25) is 0 Å². The maximum Gasteiger partial charge on any atom is 0.353 e. The number of nitro groups is 1. The van der Waals surface area contributed by atoms with Gasteiger partial charge in [-0.2, -0.15) is 0 Å². The summed E-state index contributed by atoms with van der Waals surface area (Å²) < 4.78 is 0. The number of rotatable bonds is 5. The average Bonchev–Trinajstić information content (AvgIpc) is 3.15. The lowest BCUT2D eigenvalue weighted by Gasteiger charge is -2.14. The Morgan fingerprint density at radius 2 is 1.85 bits per heavy atom. The highest BCUT2D eigenvalue weighted by Crippen LogP contribution is 2.34. The number of hydrogen-bond acceptors (Lipinski definition) is 7. The Bertz CT molecular complexity index is 950. The fourth-order valence-corrected chi connectivity index (χ4v) is 3.35. The Morgan fingerprint density at radius 3 is 2.65 bits per heavy atom. The molecule has 0 saturated heterocycles. The molecule has 132 valence electrons. The largest absolute Gasteiger partial charge is 0.361 e. The van der Waals surface area contributed by atoms with Crippen LogP contribution in [0.15, 0.2) is 42.9 Å². The van der Waals surface area contributed by atoms with Gasteiger partial charge in [-0.3, -0.25) is 15.1 Å². The highest BCUT2D eigenvalue weighted by molar-refractivity contribution is 5.93. The van der Waals surface area contributed by atoms with Crippen molar-refractivity contribution in [1.82, 2.24) is 15.0 Å². The zero-order chi connectivity index (χ0) is 17.9. The molecule has 1 aliphatic carbocycles. The van der Waals surface area contributed by atoms with Crippen molar-refractivity contribution in [3.05, 3.63) is 53.0 Å². The van der Waals surface area contributed by atoms with E-state index in [2.05, 4.69) is 25.6 Å². The molecule has 1 aromatic carbocycles. The van der Waals surface area contributed by atoms with Crippen molar-refractivity contribution in [1.29, 1.82) is 0 Å². The summed E-state index contributed by atoms with van der Waals surface area (Å²) in [5.41, 5.74) is 1.38. The van der Waals surface area contributed by atoms with Gasteiger partial charge >= 0.3 is 5.69 Å². The summed E-state index contributed by atoms with van der Waals surface area (Å²) in [4.78, 5) is 23.8. The van der Waals surface area contributed by atoms with Crippen LogP contribution in [0.1, 0.15) is 25.7 Å². The van der Waals surface area contributed by atoms with Gasteiger partial charge in [0.1, 0.15) is 6.33 Å². The molecule has 0 bridgehead atoms. The van der Waals surface area contributed by atoms with Crippen molar-refractivity contribution in [2.75, 3.05) is 10.6 Å². The highest BCUT2D eigenvalue weighted by atomic mass is 16.6. The Balaban J connectivity index is 1.72. The van der Waals surface area contributed by atoms with Gasteiger partial charge in [0.15, 0.2) is 0 Å². The van der Waals surface area contributed by atoms with Crippen LogP contribution in [-0.4, -0.2) is 25.9 Å². The van der Waals surface area contributed by atoms with E-state index in [1.54, 1.807) is 6.20 Å². The average molecular weight is 350 g/mol. The van der Waals surface area contributed by atoms with E-state index in [4.69, 9.17) is 0 Å². The lowest BCUT2D eigenvalue weighted by atomic mass is 10.2. The van der Waals surface area contributed by atoms with Gasteiger partial charge in [0.2, 0.25) is 11.6 Å². The molecule has 0 radical (unpaired) electrons. The summed E-state index contributed by atoms with van der Waals surface area (Å²) >= 11 is 0. The summed E-state index contributed by atoms with van der Waals surface area (Å²) in [5.74, 6) is 0.430. The first kappa shape index (κ1) is 16.2. The molecule has 1 fully saturated rings. The third-order valence-corrected chi connectivity index (χ3v) is 4.60. The molecule has 0 aliphatic heterocycles. The van der Waals surface area contributed by atoms with Crippen LogP contribution in [0.3, 0.4) is 0 Å². The molecule has 0 unspecified atom stereocenters. The number of nitrogens with zero attached hydrogens (tertiary/aromatic N) is 4. The molecule has 8 nitrogen and oxygen atoms in total. The first-order valence-electron chi connectivity index (χ1n) is 8.59. The molecule has 0 amide bonds. The van der Waals surface area contributed by atoms with E-state index in [9.17, 15) is 10.1 Å². The van der Waals surface area contributed by atoms with Crippen molar-refractivity contribution in [2.45, 2.75) is 31.7 Å². The van der Waals surface area contributed by atoms with Crippen molar-refractivity contribution >= 4 is 33.9 Å². The molecule has 26 heavy (non-hydrogen) atoms. The van der Waals surface area contributed by atoms with Crippen molar-refractivity contribution in [2.24, 2.45) is 0 Å². The Hall–Kier alpha value is -3.29. The Morgan fingerprint density at radius 1 is 1.04 bits per heavy atom. The van der Waals surface area contributed by atoms with E-state index < -0.39 is 4.92 Å². The molecule has 2 aromatic heterocycles. The van der Waals surface area contributed by atoms with Crippen molar-refractivity contribution < 1.29 is 4.92 Å². The van der Waals surface area contributed by atoms with Gasteiger partial charge in [0, 0.05) is 23.3 Å². The van der Waals surface area contributed by atoms with Gasteiger partial charge in [0.25, 0.3) is 0 Å². The molecule has 1 saturated carbocycles. The molecule has 2 heterocycles. The lowest BCUT2D eigenvalue weighted by Crippen LogP contribution is -2.17. The van der Waals surface area contributed by atoms with Gasteiger partial charge < -0.3 is 10.6 Å². The zero-order valence-corrected chi connectivity index (χ0v) is 14.1. The third-order valence-electron chi connectivity index (χ3n) is 4.60. The highest BCUT2D eigenvalue weighted by Gasteiger charge is 2.26. The number of nitrogens with one attached hydrogen (secondary N) is 2. The first-order chi connectivity index (χ1) is 12.7. The van der Waals surface area contributed by atoms with Crippen LogP contribution < -0.4 is 10.6 Å². The van der Waals surface area contributed by atoms with E-state index in [1.165, 1.54) is 6.33 Å². The topological polar surface area (TPSA) is 106 Å². The smallest absolute Gasteiger partial charge is 0.353 e. The monoisotopic (exact) mass is 350 g/mol. The third kappa shape index (κ3) is 3.13. The van der Waals surface area contributed by atoms with Gasteiger partial charge in [-0.25, -0.2) is 9.97 Å². The van der Waals surface area contributed by atoms with Crippen LogP contribution in [0.25, 0.3) is 10.9 Å². The second-order valence-corrected chi connectivity index (χ2v) is 6.30. The van der Waals surface area contributed by atoms with Crippen LogP contribution in [0.5, 0.6) is 0 Å². The minimum atomic E-state index is -0.441. The van der Waals surface area contributed by atoms with Gasteiger partial charge in [-0.05, 0) is 37.1 Å². The van der Waals surface area contributed by atoms with Gasteiger partial charge in [-0.15, -0.1) is 0 Å². The second-order valence-electron chi connectivity index (χ2n) is 6.30. The van der Waals surface area contributed by atoms with Gasteiger partial charge in [0.05, 0.1) is 10.4 Å². The number of fused-ring (bicyclic) bond motifs is 1. The maximum absolute atomic E-state index is 11.7. The van der Waals surface area contributed by atoms with E-state index in [0.29, 0.717) is 5.69 Å². The number of benzene rings is 1. The summed E-state index contributed by atoms with van der Waals surface area (Å²) in [6.45, 7) is 0. The molecule has 0 spiro atoms. The van der Waals surface area contributed by atoms with Crippen LogP contribution in [-0.2, 0) is 0 Å². The van der Waals surface area contributed by atoms with Crippen molar-refractivity contribution in [3.8, 4) is 0 Å². The standard InChI is InChI=1S/C18H18N6O2/c25-24(26)16-17(22-12-5-1-2-6-12)20-11-21-18(16)23-15-9-3-8-14-13(15)7-4-10-19-14/h3-4,7-12H,1-2,5-6H2,(H2,20,21,22,23).